The number of hydrogen-bond donors (Lipinski definition) is 2. The first-order valence-corrected chi connectivity index (χ1v) is 7.83. The third-order valence-electron chi connectivity index (χ3n) is 4.04. The van der Waals surface area contributed by atoms with Crippen molar-refractivity contribution in [1.82, 2.24) is 9.55 Å². The first kappa shape index (κ1) is 18.6. The Hall–Kier alpha value is -2.74. The van der Waals surface area contributed by atoms with E-state index in [2.05, 4.69) is 10.3 Å². The molecule has 0 amide bonds. The molecule has 1 heterocycles. The van der Waals surface area contributed by atoms with E-state index in [1.165, 1.54) is 24.4 Å². The molecule has 0 bridgehead atoms. The Morgan fingerprint density at radius 2 is 2.12 bits per heavy atom. The fourth-order valence-electron chi connectivity index (χ4n) is 2.38. The first-order valence-electron chi connectivity index (χ1n) is 7.83. The second kappa shape index (κ2) is 7.02. The number of nitrogens with one attached hydrogen (secondary N) is 1. The van der Waals surface area contributed by atoms with Gasteiger partial charge in [-0.1, -0.05) is 20.8 Å². The van der Waals surface area contributed by atoms with Crippen LogP contribution in [0.2, 0.25) is 0 Å². The second-order valence-corrected chi connectivity index (χ2v) is 6.93. The second-order valence-electron chi connectivity index (χ2n) is 6.93. The zero-order chi connectivity index (χ0) is 18.8. The third-order valence-corrected chi connectivity index (χ3v) is 4.04. The smallest absolute Gasteiger partial charge is 0.293 e. The molecule has 2 N–H and O–H groups in total. The van der Waals surface area contributed by atoms with E-state index in [4.69, 9.17) is 0 Å². The van der Waals surface area contributed by atoms with Crippen LogP contribution in [0.4, 0.5) is 11.4 Å². The molecule has 1 atom stereocenters. The molecule has 0 saturated heterocycles. The summed E-state index contributed by atoms with van der Waals surface area (Å²) < 4.78 is 1.56. The molecule has 0 aliphatic carbocycles. The molecule has 0 unspecified atom stereocenters. The molecule has 1 aromatic heterocycles. The third kappa shape index (κ3) is 4.03. The van der Waals surface area contributed by atoms with Crippen molar-refractivity contribution in [3.8, 4) is 0 Å². The number of anilines is 1. The number of nitro groups is 1. The molecular formula is C17H22N4O4. The molecule has 0 spiro atoms. The maximum Gasteiger partial charge on any atom is 0.293 e. The van der Waals surface area contributed by atoms with Gasteiger partial charge < -0.3 is 15.0 Å². The Bertz CT molecular complexity index is 792. The lowest BCUT2D eigenvalue weighted by Crippen LogP contribution is -2.37. The number of nitrogens with zero attached hydrogens (tertiary/aromatic N) is 3. The summed E-state index contributed by atoms with van der Waals surface area (Å²) in [5.74, 6) is -0.186. The van der Waals surface area contributed by atoms with Gasteiger partial charge in [0.25, 0.3) is 5.69 Å². The van der Waals surface area contributed by atoms with Gasteiger partial charge in [0.05, 0.1) is 17.6 Å². The SMILES string of the molecule is Cn1ccnc1C(=O)c1ccc(N[C@@H](CO)C(C)(C)C)c([N+](=O)[O-])c1. The van der Waals surface area contributed by atoms with Gasteiger partial charge in [-0.3, -0.25) is 14.9 Å². The molecule has 0 fully saturated rings. The zero-order valence-corrected chi connectivity index (χ0v) is 14.7. The maximum absolute atomic E-state index is 12.5. The van der Waals surface area contributed by atoms with Gasteiger partial charge in [-0.25, -0.2) is 4.98 Å². The molecular weight excluding hydrogens is 324 g/mol. The quantitative estimate of drug-likeness (QED) is 0.472. The molecule has 25 heavy (non-hydrogen) atoms. The largest absolute Gasteiger partial charge is 0.394 e. The van der Waals surface area contributed by atoms with E-state index in [-0.39, 0.29) is 40.8 Å². The van der Waals surface area contributed by atoms with Crippen LogP contribution in [-0.4, -0.2) is 38.0 Å². The zero-order valence-electron chi connectivity index (χ0n) is 14.7. The van der Waals surface area contributed by atoms with Crippen molar-refractivity contribution < 1.29 is 14.8 Å². The van der Waals surface area contributed by atoms with E-state index in [9.17, 15) is 20.0 Å². The molecule has 8 heteroatoms. The summed E-state index contributed by atoms with van der Waals surface area (Å²) in [5, 5.41) is 24.0. The van der Waals surface area contributed by atoms with Crippen LogP contribution in [0.5, 0.6) is 0 Å². The van der Waals surface area contributed by atoms with Gasteiger partial charge in [-0.15, -0.1) is 0 Å². The number of aryl methyl sites for hydroxylation is 1. The van der Waals surface area contributed by atoms with Gasteiger partial charge in [0.2, 0.25) is 5.78 Å². The van der Waals surface area contributed by atoms with E-state index in [0.29, 0.717) is 0 Å². The van der Waals surface area contributed by atoms with E-state index in [1.54, 1.807) is 17.8 Å². The van der Waals surface area contributed by atoms with Crippen molar-refractivity contribution in [3.63, 3.8) is 0 Å². The fourth-order valence-corrected chi connectivity index (χ4v) is 2.38. The number of imidazole rings is 1. The monoisotopic (exact) mass is 346 g/mol. The number of aromatic nitrogens is 2. The average molecular weight is 346 g/mol. The molecule has 2 aromatic rings. The number of aliphatic hydroxyl groups is 1. The minimum absolute atomic E-state index is 0.172. The highest BCUT2D eigenvalue weighted by Gasteiger charge is 2.27. The Morgan fingerprint density at radius 1 is 1.44 bits per heavy atom. The van der Waals surface area contributed by atoms with E-state index in [0.717, 1.165) is 0 Å². The lowest BCUT2D eigenvalue weighted by atomic mass is 9.87. The van der Waals surface area contributed by atoms with Crippen LogP contribution in [-0.2, 0) is 7.05 Å². The highest BCUT2D eigenvalue weighted by atomic mass is 16.6. The summed E-state index contributed by atoms with van der Waals surface area (Å²) >= 11 is 0. The molecule has 8 nitrogen and oxygen atoms in total. The predicted molar refractivity (Wildman–Crippen MR) is 93.7 cm³/mol. The maximum atomic E-state index is 12.5. The van der Waals surface area contributed by atoms with Gasteiger partial charge in [0.15, 0.2) is 5.82 Å². The minimum Gasteiger partial charge on any atom is -0.394 e. The molecule has 0 aliphatic heterocycles. The Balaban J connectivity index is 2.40. The number of hydrogen-bond acceptors (Lipinski definition) is 6. The van der Waals surface area contributed by atoms with E-state index < -0.39 is 10.7 Å². The number of ketones is 1. The summed E-state index contributed by atoms with van der Waals surface area (Å²) in [7, 11) is 1.68. The summed E-state index contributed by atoms with van der Waals surface area (Å²) in [5.41, 5.74) is -0.0784. The van der Waals surface area contributed by atoms with Crippen LogP contribution in [0.1, 0.15) is 37.0 Å². The van der Waals surface area contributed by atoms with E-state index >= 15 is 0 Å². The number of aliphatic hydroxyl groups excluding tert-OH is 1. The van der Waals surface area contributed by atoms with Crippen molar-refractivity contribution in [2.75, 3.05) is 11.9 Å². The normalized spacial score (nSPS) is 12.7. The number of rotatable bonds is 6. The van der Waals surface area contributed by atoms with Gasteiger partial charge in [-0.2, -0.15) is 0 Å². The predicted octanol–water partition coefficient (Wildman–Crippen LogP) is 2.38. The van der Waals surface area contributed by atoms with Gasteiger partial charge in [0.1, 0.15) is 5.69 Å². The summed E-state index contributed by atoms with van der Waals surface area (Å²) in [4.78, 5) is 27.4. The molecule has 0 radical (unpaired) electrons. The molecule has 134 valence electrons. The topological polar surface area (TPSA) is 110 Å². The standard InChI is InChI=1S/C17H22N4O4/c1-17(2,3)14(10-22)19-12-6-5-11(9-13(12)21(24)25)15(23)16-18-7-8-20(16)4/h5-9,14,19,22H,10H2,1-4H3/t14-/m0/s1. The summed E-state index contributed by atoms with van der Waals surface area (Å²) in [6.45, 7) is 5.59. The van der Waals surface area contributed by atoms with Gasteiger partial charge in [-0.05, 0) is 17.5 Å². The molecule has 2 rings (SSSR count). The molecule has 1 aromatic carbocycles. The molecule has 0 saturated carbocycles. The Morgan fingerprint density at radius 3 is 2.60 bits per heavy atom. The number of nitro benzene ring substituents is 1. The fraction of sp³-hybridized carbons (Fsp3) is 0.412. The van der Waals surface area contributed by atoms with Crippen molar-refractivity contribution in [2.45, 2.75) is 26.8 Å². The van der Waals surface area contributed by atoms with Crippen LogP contribution in [0, 0.1) is 15.5 Å². The van der Waals surface area contributed by atoms with Crippen LogP contribution in [0.3, 0.4) is 0 Å². The average Bonchev–Trinajstić information content (AvgIpc) is 2.96. The van der Waals surface area contributed by atoms with Crippen LogP contribution in [0.15, 0.2) is 30.6 Å². The lowest BCUT2D eigenvalue weighted by molar-refractivity contribution is -0.384. The summed E-state index contributed by atoms with van der Waals surface area (Å²) in [6, 6.07) is 3.87. The number of carbonyl (C=O) groups excluding carboxylic acids is 1. The van der Waals surface area contributed by atoms with Crippen molar-refractivity contribution in [2.24, 2.45) is 12.5 Å². The highest BCUT2D eigenvalue weighted by Crippen LogP contribution is 2.30. The molecule has 0 aliphatic rings. The minimum atomic E-state index is -0.547. The van der Waals surface area contributed by atoms with Gasteiger partial charge in [0, 0.05) is 31.1 Å². The van der Waals surface area contributed by atoms with E-state index in [1.807, 2.05) is 20.8 Å². The summed E-state index contributed by atoms with van der Waals surface area (Å²) in [6.07, 6.45) is 3.12. The van der Waals surface area contributed by atoms with Crippen LogP contribution >= 0.6 is 0 Å². The number of carbonyl (C=O) groups is 1. The number of benzene rings is 1. The van der Waals surface area contributed by atoms with Crippen molar-refractivity contribution in [1.29, 1.82) is 0 Å². The van der Waals surface area contributed by atoms with Crippen LogP contribution in [0.25, 0.3) is 0 Å². The van der Waals surface area contributed by atoms with Crippen LogP contribution < -0.4 is 5.32 Å². The Labute approximate surface area is 145 Å². The lowest BCUT2D eigenvalue weighted by Gasteiger charge is -2.30. The highest BCUT2D eigenvalue weighted by molar-refractivity contribution is 6.07. The first-order chi connectivity index (χ1) is 11.6. The van der Waals surface area contributed by atoms with Crippen molar-refractivity contribution >= 4 is 17.2 Å². The van der Waals surface area contributed by atoms with Crippen molar-refractivity contribution in [3.05, 3.63) is 52.1 Å². The Kier molecular flexibility index (Phi) is 5.22. The van der Waals surface area contributed by atoms with Gasteiger partial charge >= 0.3 is 0 Å².